The van der Waals surface area contributed by atoms with E-state index >= 15 is 0 Å². The Balaban J connectivity index is 4.79. The van der Waals surface area contributed by atoms with Crippen LogP contribution in [0.2, 0.25) is 0 Å². The van der Waals surface area contributed by atoms with Crippen molar-refractivity contribution < 1.29 is 8.42 Å². The van der Waals surface area contributed by atoms with E-state index in [-0.39, 0.29) is 0 Å². The van der Waals surface area contributed by atoms with E-state index in [9.17, 15) is 8.42 Å². The average molecular weight is 216 g/mol. The summed E-state index contributed by atoms with van der Waals surface area (Å²) in [5.74, 6) is 0.293. The molecule has 0 saturated heterocycles. The molecule has 80 valence electrons. The second kappa shape index (κ2) is 5.59. The molecule has 0 heterocycles. The van der Waals surface area contributed by atoms with Crippen LogP contribution in [0.1, 0.15) is 20.3 Å². The van der Waals surface area contributed by atoms with Gasteiger partial charge in [0.15, 0.2) is 0 Å². The van der Waals surface area contributed by atoms with Crippen LogP contribution in [0.4, 0.5) is 0 Å². The average Bonchev–Trinajstić information content (AvgIpc) is 2.01. The lowest BCUT2D eigenvalue weighted by atomic mass is 10.3. The Kier molecular flexibility index (Phi) is 5.15. The number of nitrogens with one attached hydrogen (secondary N) is 1. The van der Waals surface area contributed by atoms with Gasteiger partial charge in [0.2, 0.25) is 0 Å². The van der Waals surface area contributed by atoms with E-state index in [1.54, 1.807) is 19.1 Å². The van der Waals surface area contributed by atoms with Crippen molar-refractivity contribution in [2.45, 2.75) is 20.3 Å². The molecule has 14 heavy (non-hydrogen) atoms. The maximum absolute atomic E-state index is 10.9. The summed E-state index contributed by atoms with van der Waals surface area (Å²) < 4.78 is 25.3. The lowest BCUT2D eigenvalue weighted by Crippen LogP contribution is -2.21. The van der Waals surface area contributed by atoms with Crippen molar-refractivity contribution in [3.63, 3.8) is 0 Å². The largest absolute Gasteiger partial charge is 0.344 e. The molecule has 0 amide bonds. The van der Waals surface area contributed by atoms with Gasteiger partial charge in [0.1, 0.15) is 5.84 Å². The molecule has 4 nitrogen and oxygen atoms in total. The zero-order valence-electron chi connectivity index (χ0n) is 8.74. The summed E-state index contributed by atoms with van der Waals surface area (Å²) in [6.45, 7) is 7.41. The summed E-state index contributed by atoms with van der Waals surface area (Å²) in [6, 6.07) is 0. The first kappa shape index (κ1) is 12.9. The minimum atomic E-state index is -3.37. The Morgan fingerprint density at radius 2 is 2.14 bits per heavy atom. The summed E-state index contributed by atoms with van der Waals surface area (Å²) >= 11 is 0. The van der Waals surface area contributed by atoms with Gasteiger partial charge < -0.3 is 5.32 Å². The van der Waals surface area contributed by atoms with E-state index in [1.165, 1.54) is 0 Å². The molecule has 0 fully saturated rings. The fraction of sp³-hybridized carbons (Fsp3) is 0.444. The minimum Gasteiger partial charge on any atom is -0.344 e. The van der Waals surface area contributed by atoms with Crippen LogP contribution in [0, 0.1) is 0 Å². The van der Waals surface area contributed by atoms with Crippen LogP contribution in [0.25, 0.3) is 0 Å². The molecule has 0 bridgehead atoms. The standard InChI is InChI=1S/C9H16N2O2S/c1-5-7-9(10-8(3)6-2)11-14(4,12)13/h5,7H,3,6H2,1-2,4H3,(H,10,11)/b7-5-. The van der Waals surface area contributed by atoms with Crippen LogP contribution in [-0.4, -0.2) is 20.5 Å². The Morgan fingerprint density at radius 1 is 1.57 bits per heavy atom. The van der Waals surface area contributed by atoms with E-state index in [0.29, 0.717) is 5.84 Å². The molecule has 0 rings (SSSR count). The number of rotatable bonds is 4. The second-order valence-corrected chi connectivity index (χ2v) is 4.44. The van der Waals surface area contributed by atoms with Gasteiger partial charge in [0.05, 0.1) is 6.26 Å². The normalized spacial score (nSPS) is 13.2. The number of amidine groups is 1. The summed E-state index contributed by atoms with van der Waals surface area (Å²) in [6.07, 6.45) is 5.06. The molecule has 0 aromatic carbocycles. The van der Waals surface area contributed by atoms with E-state index in [2.05, 4.69) is 16.3 Å². The molecule has 0 aliphatic heterocycles. The third-order valence-corrected chi connectivity index (χ3v) is 1.85. The smallest absolute Gasteiger partial charge is 0.252 e. The number of hydrogen-bond acceptors (Lipinski definition) is 2. The van der Waals surface area contributed by atoms with Gasteiger partial charge in [-0.1, -0.05) is 19.6 Å². The first-order chi connectivity index (χ1) is 6.39. The summed E-state index contributed by atoms with van der Waals surface area (Å²) in [4.78, 5) is 0. The van der Waals surface area contributed by atoms with E-state index in [0.717, 1.165) is 18.4 Å². The van der Waals surface area contributed by atoms with Gasteiger partial charge in [-0.25, -0.2) is 8.42 Å². The molecule has 0 aromatic heterocycles. The molecule has 0 aliphatic carbocycles. The highest BCUT2D eigenvalue weighted by atomic mass is 32.2. The van der Waals surface area contributed by atoms with Gasteiger partial charge in [-0.2, -0.15) is 0 Å². The van der Waals surface area contributed by atoms with Crippen LogP contribution in [0.5, 0.6) is 0 Å². The van der Waals surface area contributed by atoms with Gasteiger partial charge in [0.25, 0.3) is 10.0 Å². The highest BCUT2D eigenvalue weighted by molar-refractivity contribution is 7.89. The molecule has 0 saturated carbocycles. The monoisotopic (exact) mass is 216 g/mol. The Morgan fingerprint density at radius 3 is 2.50 bits per heavy atom. The van der Waals surface area contributed by atoms with Gasteiger partial charge in [-0.3, -0.25) is 0 Å². The van der Waals surface area contributed by atoms with Gasteiger partial charge in [0, 0.05) is 5.70 Å². The fourth-order valence-corrected chi connectivity index (χ4v) is 1.16. The molecular formula is C9H16N2O2S. The quantitative estimate of drug-likeness (QED) is 0.571. The topological polar surface area (TPSA) is 58.5 Å². The lowest BCUT2D eigenvalue weighted by Gasteiger charge is -2.06. The van der Waals surface area contributed by atoms with Crippen molar-refractivity contribution in [1.29, 1.82) is 0 Å². The SMILES string of the molecule is C=C(CC)NC(/C=C\C)=N/S(C)(=O)=O. The lowest BCUT2D eigenvalue weighted by molar-refractivity contribution is 0.603. The van der Waals surface area contributed by atoms with Crippen LogP contribution in [-0.2, 0) is 10.0 Å². The molecular weight excluding hydrogens is 200 g/mol. The van der Waals surface area contributed by atoms with Crippen LogP contribution >= 0.6 is 0 Å². The van der Waals surface area contributed by atoms with Crippen molar-refractivity contribution in [3.05, 3.63) is 24.4 Å². The highest BCUT2D eigenvalue weighted by Gasteiger charge is 2.01. The minimum absolute atomic E-state index is 0.293. The van der Waals surface area contributed by atoms with Crippen molar-refractivity contribution in [2.24, 2.45) is 4.40 Å². The van der Waals surface area contributed by atoms with Crippen LogP contribution in [0.15, 0.2) is 28.8 Å². The molecule has 0 atom stereocenters. The maximum atomic E-state index is 10.9. The molecule has 0 spiro atoms. The zero-order chi connectivity index (χ0) is 11.2. The molecule has 0 aromatic rings. The molecule has 0 aliphatic rings. The van der Waals surface area contributed by atoms with E-state index in [1.807, 2.05) is 6.92 Å². The Hall–Kier alpha value is -1.10. The number of nitrogens with zero attached hydrogens (tertiary/aromatic N) is 1. The second-order valence-electron chi connectivity index (χ2n) is 2.79. The van der Waals surface area contributed by atoms with Crippen molar-refractivity contribution in [1.82, 2.24) is 5.32 Å². The molecule has 1 N–H and O–H groups in total. The predicted octanol–water partition coefficient (Wildman–Crippen LogP) is 1.43. The summed E-state index contributed by atoms with van der Waals surface area (Å²) in [5.41, 5.74) is 0.727. The van der Waals surface area contributed by atoms with Crippen molar-refractivity contribution in [3.8, 4) is 0 Å². The fourth-order valence-electron chi connectivity index (χ4n) is 0.701. The maximum Gasteiger partial charge on any atom is 0.252 e. The van der Waals surface area contributed by atoms with Crippen LogP contribution in [0.3, 0.4) is 0 Å². The number of sulfonamides is 1. The van der Waals surface area contributed by atoms with Gasteiger partial charge in [-0.05, 0) is 19.4 Å². The molecule has 0 unspecified atom stereocenters. The third kappa shape index (κ3) is 6.42. The van der Waals surface area contributed by atoms with Gasteiger partial charge in [-0.15, -0.1) is 4.40 Å². The van der Waals surface area contributed by atoms with Crippen LogP contribution < -0.4 is 5.32 Å². The summed E-state index contributed by atoms with van der Waals surface area (Å²) in [7, 11) is -3.37. The van der Waals surface area contributed by atoms with Crippen molar-refractivity contribution >= 4 is 15.9 Å². The van der Waals surface area contributed by atoms with E-state index < -0.39 is 10.0 Å². The third-order valence-electron chi connectivity index (χ3n) is 1.32. The Bertz CT molecular complexity index is 353. The molecule has 0 radical (unpaired) electrons. The molecule has 5 heteroatoms. The zero-order valence-corrected chi connectivity index (χ0v) is 9.56. The first-order valence-corrected chi connectivity index (χ1v) is 6.11. The van der Waals surface area contributed by atoms with E-state index in [4.69, 9.17) is 0 Å². The first-order valence-electron chi connectivity index (χ1n) is 4.26. The number of allylic oxidation sites excluding steroid dienone is 2. The Labute approximate surface area is 85.5 Å². The number of hydrogen-bond donors (Lipinski definition) is 1. The van der Waals surface area contributed by atoms with Gasteiger partial charge >= 0.3 is 0 Å². The highest BCUT2D eigenvalue weighted by Crippen LogP contribution is 1.94. The predicted molar refractivity (Wildman–Crippen MR) is 59.7 cm³/mol. The van der Waals surface area contributed by atoms with Crippen molar-refractivity contribution in [2.75, 3.05) is 6.26 Å². The summed E-state index contributed by atoms with van der Waals surface area (Å²) in [5, 5.41) is 2.81.